The lowest BCUT2D eigenvalue weighted by molar-refractivity contribution is -0.146. The van der Waals surface area contributed by atoms with Crippen molar-refractivity contribution in [3.63, 3.8) is 0 Å². The van der Waals surface area contributed by atoms with Gasteiger partial charge in [0.15, 0.2) is 5.76 Å². The van der Waals surface area contributed by atoms with E-state index in [4.69, 9.17) is 27.6 Å². The summed E-state index contributed by atoms with van der Waals surface area (Å²) >= 11 is 12.3. The van der Waals surface area contributed by atoms with E-state index >= 15 is 0 Å². The van der Waals surface area contributed by atoms with Crippen molar-refractivity contribution in [2.24, 2.45) is 5.92 Å². The molecule has 1 saturated carbocycles. The summed E-state index contributed by atoms with van der Waals surface area (Å²) in [6.45, 7) is 1.56. The third-order valence-electron chi connectivity index (χ3n) is 7.64. The Balaban J connectivity index is 1.46. The summed E-state index contributed by atoms with van der Waals surface area (Å²) < 4.78 is 5.79. The predicted octanol–water partition coefficient (Wildman–Crippen LogP) is 7.81. The van der Waals surface area contributed by atoms with Gasteiger partial charge >= 0.3 is 5.97 Å². The van der Waals surface area contributed by atoms with Crippen LogP contribution >= 0.6 is 23.2 Å². The number of carboxylic acid groups (broad SMARTS) is 1. The van der Waals surface area contributed by atoms with E-state index in [1.54, 1.807) is 43.3 Å². The summed E-state index contributed by atoms with van der Waals surface area (Å²) in [5.74, 6) is -2.03. The Hall–Kier alpha value is -3.81. The van der Waals surface area contributed by atoms with Crippen molar-refractivity contribution in [1.29, 1.82) is 0 Å². The quantitative estimate of drug-likeness (QED) is 0.207. The van der Waals surface area contributed by atoms with Gasteiger partial charge in [-0.25, -0.2) is 4.79 Å². The van der Waals surface area contributed by atoms with Gasteiger partial charge in [0.1, 0.15) is 11.3 Å². The highest BCUT2D eigenvalue weighted by Gasteiger charge is 2.43. The van der Waals surface area contributed by atoms with Crippen molar-refractivity contribution >= 4 is 57.4 Å². The predicted molar refractivity (Wildman–Crippen MR) is 156 cm³/mol. The lowest BCUT2D eigenvalue weighted by Crippen LogP contribution is -2.57. The van der Waals surface area contributed by atoms with Gasteiger partial charge in [0.2, 0.25) is 0 Å². The maximum Gasteiger partial charge on any atom is 0.329 e. The van der Waals surface area contributed by atoms with Crippen molar-refractivity contribution in [2.45, 2.75) is 44.6 Å². The number of furan rings is 1. The second-order valence-corrected chi connectivity index (χ2v) is 11.1. The molecule has 0 unspecified atom stereocenters. The molecule has 0 saturated heterocycles. The number of rotatable bonds is 7. The Kier molecular flexibility index (Phi) is 7.88. The molecule has 7 nitrogen and oxygen atoms in total. The minimum Gasteiger partial charge on any atom is -0.480 e. The largest absolute Gasteiger partial charge is 0.480 e. The lowest BCUT2D eigenvalue weighted by atomic mass is 9.75. The van der Waals surface area contributed by atoms with E-state index in [0.29, 0.717) is 21.4 Å². The first-order chi connectivity index (χ1) is 19.2. The topological polar surface area (TPSA) is 109 Å². The molecule has 3 N–H and O–H groups in total. The number of carbonyl (C=O) groups is 3. The number of halogens is 2. The standard InChI is InChI=1S/C31H28Cl2N2O5/c1-31(30(38)39,20-9-3-2-4-10-20)35-28(36)23-15-18-7-5-6-8-19(18)16-25(23)34-29(37)27-14-13-26(40-27)22-12-11-21(32)17-24(22)33/h5-8,11-17,20H,2-4,9-10H2,1H3,(H,34,37)(H,35,36)(H,38,39)/t31-/m0/s1. The molecule has 3 aromatic carbocycles. The van der Waals surface area contributed by atoms with Gasteiger partial charge in [0.05, 0.1) is 16.3 Å². The number of fused-ring (bicyclic) bond motifs is 1. The molecule has 0 radical (unpaired) electrons. The number of carboxylic acids is 1. The number of amides is 2. The van der Waals surface area contributed by atoms with Gasteiger partial charge in [-0.2, -0.15) is 0 Å². The normalized spacial score (nSPS) is 15.4. The summed E-state index contributed by atoms with van der Waals surface area (Å²) in [5.41, 5.74) is -0.479. The minimum absolute atomic E-state index is 0.0121. The van der Waals surface area contributed by atoms with Crippen LogP contribution in [0, 0.1) is 5.92 Å². The molecular formula is C31H28Cl2N2O5. The first kappa shape index (κ1) is 27.7. The Morgan fingerprint density at radius 3 is 2.27 bits per heavy atom. The molecule has 1 aliphatic rings. The molecule has 206 valence electrons. The third-order valence-corrected chi connectivity index (χ3v) is 8.19. The first-order valence-corrected chi connectivity index (χ1v) is 13.9. The molecular weight excluding hydrogens is 551 g/mol. The van der Waals surface area contributed by atoms with Crippen molar-refractivity contribution < 1.29 is 23.9 Å². The van der Waals surface area contributed by atoms with Crippen LogP contribution in [-0.4, -0.2) is 28.4 Å². The van der Waals surface area contributed by atoms with E-state index in [-0.39, 0.29) is 22.9 Å². The van der Waals surface area contributed by atoms with Gasteiger partial charge in [-0.3, -0.25) is 9.59 Å². The molecule has 5 rings (SSSR count). The summed E-state index contributed by atoms with van der Waals surface area (Å²) in [7, 11) is 0. The Labute approximate surface area is 241 Å². The van der Waals surface area contributed by atoms with Crippen LogP contribution in [0.15, 0.2) is 71.1 Å². The maximum atomic E-state index is 13.7. The van der Waals surface area contributed by atoms with Crippen LogP contribution in [0.5, 0.6) is 0 Å². The second-order valence-electron chi connectivity index (χ2n) is 10.3. The number of aliphatic carboxylic acids is 1. The van der Waals surface area contributed by atoms with Gasteiger partial charge in [0, 0.05) is 10.6 Å². The van der Waals surface area contributed by atoms with Crippen molar-refractivity contribution in [3.05, 3.63) is 88.1 Å². The zero-order chi connectivity index (χ0) is 28.4. The van der Waals surface area contributed by atoms with E-state index in [0.717, 1.165) is 42.9 Å². The zero-order valence-corrected chi connectivity index (χ0v) is 23.3. The summed E-state index contributed by atoms with van der Waals surface area (Å²) in [6, 6.07) is 18.9. The third kappa shape index (κ3) is 5.58. The van der Waals surface area contributed by atoms with Crippen LogP contribution in [0.3, 0.4) is 0 Å². The smallest absolute Gasteiger partial charge is 0.329 e. The summed E-state index contributed by atoms with van der Waals surface area (Å²) in [5, 5.41) is 18.1. The number of nitrogens with one attached hydrogen (secondary N) is 2. The van der Waals surface area contributed by atoms with Crippen molar-refractivity contribution in [3.8, 4) is 11.3 Å². The fourth-order valence-corrected chi connectivity index (χ4v) is 5.82. The van der Waals surface area contributed by atoms with E-state index in [1.165, 1.54) is 6.07 Å². The number of carbonyl (C=O) groups excluding carboxylic acids is 2. The zero-order valence-electron chi connectivity index (χ0n) is 21.8. The van der Waals surface area contributed by atoms with Crippen LogP contribution in [0.25, 0.3) is 22.1 Å². The first-order valence-electron chi connectivity index (χ1n) is 13.1. The molecule has 40 heavy (non-hydrogen) atoms. The fraction of sp³-hybridized carbons (Fsp3) is 0.258. The van der Waals surface area contributed by atoms with Gasteiger partial charge in [-0.15, -0.1) is 0 Å². The summed E-state index contributed by atoms with van der Waals surface area (Å²) in [4.78, 5) is 39.3. The van der Waals surface area contributed by atoms with Gasteiger partial charge in [-0.05, 0) is 78.9 Å². The monoisotopic (exact) mass is 578 g/mol. The SMILES string of the molecule is C[C@@](NC(=O)c1cc2ccccc2cc1NC(=O)c1ccc(-c2ccc(Cl)cc2Cl)o1)(C(=O)O)C1CCCCC1. The number of benzene rings is 3. The van der Waals surface area contributed by atoms with Crippen LogP contribution in [0.1, 0.15) is 59.9 Å². The molecule has 0 spiro atoms. The van der Waals surface area contributed by atoms with Crippen molar-refractivity contribution in [1.82, 2.24) is 5.32 Å². The highest BCUT2D eigenvalue weighted by atomic mass is 35.5. The summed E-state index contributed by atoms with van der Waals surface area (Å²) in [6.07, 6.45) is 4.35. The molecule has 2 amide bonds. The van der Waals surface area contributed by atoms with E-state index < -0.39 is 23.3 Å². The average Bonchev–Trinajstić information content (AvgIpc) is 3.43. The molecule has 1 aromatic heterocycles. The Bertz CT molecular complexity index is 1610. The molecule has 1 atom stereocenters. The Morgan fingerprint density at radius 1 is 0.900 bits per heavy atom. The Morgan fingerprint density at radius 2 is 1.60 bits per heavy atom. The van der Waals surface area contributed by atoms with E-state index in [1.807, 2.05) is 24.3 Å². The van der Waals surface area contributed by atoms with Gasteiger partial charge in [-0.1, -0.05) is 66.7 Å². The number of hydrogen-bond acceptors (Lipinski definition) is 4. The minimum atomic E-state index is -1.45. The van der Waals surface area contributed by atoms with Crippen molar-refractivity contribution in [2.75, 3.05) is 5.32 Å². The van der Waals surface area contributed by atoms with Gasteiger partial charge < -0.3 is 20.2 Å². The van der Waals surface area contributed by atoms with Crippen LogP contribution in [-0.2, 0) is 4.79 Å². The lowest BCUT2D eigenvalue weighted by Gasteiger charge is -2.37. The van der Waals surface area contributed by atoms with Crippen LogP contribution < -0.4 is 10.6 Å². The highest BCUT2D eigenvalue weighted by Crippen LogP contribution is 2.35. The highest BCUT2D eigenvalue weighted by molar-refractivity contribution is 6.36. The van der Waals surface area contributed by atoms with Gasteiger partial charge in [0.25, 0.3) is 11.8 Å². The van der Waals surface area contributed by atoms with Crippen LogP contribution in [0.2, 0.25) is 10.0 Å². The molecule has 1 aliphatic carbocycles. The molecule has 1 fully saturated rings. The molecule has 1 heterocycles. The molecule has 9 heteroatoms. The molecule has 4 aromatic rings. The molecule has 0 bridgehead atoms. The van der Waals surface area contributed by atoms with Crippen LogP contribution in [0.4, 0.5) is 5.69 Å². The number of anilines is 1. The maximum absolute atomic E-state index is 13.7. The van der Waals surface area contributed by atoms with E-state index in [9.17, 15) is 19.5 Å². The fourth-order valence-electron chi connectivity index (χ4n) is 5.32. The second kappa shape index (κ2) is 11.4. The number of hydrogen-bond donors (Lipinski definition) is 3. The average molecular weight is 579 g/mol. The van der Waals surface area contributed by atoms with E-state index in [2.05, 4.69) is 10.6 Å². The molecule has 0 aliphatic heterocycles.